The second-order valence-corrected chi connectivity index (χ2v) is 0.810. The topological polar surface area (TPSA) is 58.6 Å². The molecule has 0 heterocycles. The highest BCUT2D eigenvalue weighted by molar-refractivity contribution is 6.92. The van der Waals surface area contributed by atoms with Gasteiger partial charge >= 0.3 is 0 Å². The maximum absolute atomic E-state index is 7.47. The molecule has 5 heteroatoms. The molecule has 0 fully saturated rings. The van der Waals surface area contributed by atoms with Crippen molar-refractivity contribution in [2.45, 2.75) is 0 Å². The second-order valence-electron chi connectivity index (χ2n) is 0.423. The molecule has 0 saturated heterocycles. The van der Waals surface area contributed by atoms with Crippen molar-refractivity contribution in [1.29, 1.82) is 0 Å². The number of amidine groups is 1. The van der Waals surface area contributed by atoms with E-state index >= 15 is 0 Å². The summed E-state index contributed by atoms with van der Waals surface area (Å²) in [5.41, 5.74) is 4.56. The van der Waals surface area contributed by atoms with Crippen LogP contribution in [0.4, 0.5) is 0 Å². The smallest absolute Gasteiger partial charge is 0.231 e. The van der Waals surface area contributed by atoms with Gasteiger partial charge in [0.15, 0.2) is 0 Å². The Morgan fingerprint density at radius 1 is 1.83 bits per heavy atom. The molecule has 6 heavy (non-hydrogen) atoms. The zero-order valence-corrected chi connectivity index (χ0v) is 5.23. The summed E-state index contributed by atoms with van der Waals surface area (Å²) in [5.74, 6) is 0. The van der Waals surface area contributed by atoms with Gasteiger partial charge in [0.1, 0.15) is 0 Å². The molecule has 0 saturated carbocycles. The lowest BCUT2D eigenvalue weighted by Crippen LogP contribution is -1.99. The predicted molar refractivity (Wildman–Crippen MR) is 30.4 cm³/mol. The molecule has 0 aliphatic carbocycles. The summed E-state index contributed by atoms with van der Waals surface area (Å²) in [5, 5.41) is 9.48. The second kappa shape index (κ2) is 4.99. The Labute approximate surface area is 43.8 Å². The highest BCUT2D eigenvalue weighted by Gasteiger charge is 1.69. The van der Waals surface area contributed by atoms with Crippen molar-refractivity contribution in [2.75, 3.05) is 0 Å². The van der Waals surface area contributed by atoms with E-state index in [0.717, 1.165) is 0 Å². The van der Waals surface area contributed by atoms with Gasteiger partial charge in [-0.05, 0) is 11.6 Å². The summed E-state index contributed by atoms with van der Waals surface area (Å²) >= 11 is 4.74. The van der Waals surface area contributed by atoms with Crippen LogP contribution in [0.3, 0.4) is 0 Å². The number of hydrogen-bond acceptors (Lipinski definition) is 2. The van der Waals surface area contributed by atoms with Gasteiger partial charge in [-0.15, -0.1) is 0 Å². The third-order valence-corrected chi connectivity index (χ3v) is 0.171. The van der Waals surface area contributed by atoms with Crippen molar-refractivity contribution in [2.24, 2.45) is 10.9 Å². The van der Waals surface area contributed by atoms with Crippen molar-refractivity contribution >= 4 is 26.8 Å². The molecule has 1 unspecified atom stereocenters. The first kappa shape index (κ1) is 9.37. The minimum absolute atomic E-state index is 0. The third-order valence-electron chi connectivity index (χ3n) is 0.0955. The zero-order valence-electron chi connectivity index (χ0n) is 3.06. The molecule has 0 aliphatic heterocycles. The van der Waals surface area contributed by atoms with E-state index in [1.165, 1.54) is 0 Å². The Bertz CT molecular complexity index is 51.5. The highest BCUT2D eigenvalue weighted by atomic mass is 35.5. The van der Waals surface area contributed by atoms with Gasteiger partial charge in [-0.2, -0.15) is 9.90 Å². The fourth-order valence-corrected chi connectivity index (χ4v) is 0. The Hall–Kier alpha value is -0.0100. The van der Waals surface area contributed by atoms with Crippen LogP contribution >= 0.6 is 21.5 Å². The van der Waals surface area contributed by atoms with Crippen molar-refractivity contribution in [3.63, 3.8) is 0 Å². The Morgan fingerprint density at radius 2 is 2.00 bits per heavy atom. The molecule has 0 radical (unpaired) electrons. The number of halogens is 1. The van der Waals surface area contributed by atoms with E-state index in [0.29, 0.717) is 0 Å². The Morgan fingerprint density at radius 3 is 2.00 bits per heavy atom. The molecular formula is CH6ClN2OP. The number of hydrogen-bond donors (Lipinski definition) is 2. The van der Waals surface area contributed by atoms with Gasteiger partial charge in [-0.1, -0.05) is 5.16 Å². The summed E-state index contributed by atoms with van der Waals surface area (Å²) in [6.45, 7) is 0. The standard InChI is InChI=1S/CH3ClN2O.H3P/c2-1(3)4-5;/h5H,(H2,3,4);1H3. The van der Waals surface area contributed by atoms with Crippen molar-refractivity contribution in [3.8, 4) is 0 Å². The molecule has 3 nitrogen and oxygen atoms in total. The molecule has 0 spiro atoms. The molecule has 0 bridgehead atoms. The molecule has 0 aromatic heterocycles. The molecule has 0 aromatic rings. The molecule has 1 atom stereocenters. The molecule has 3 N–H and O–H groups in total. The van der Waals surface area contributed by atoms with E-state index in [1.807, 2.05) is 0 Å². The summed E-state index contributed by atoms with van der Waals surface area (Å²) in [6, 6.07) is 0. The normalized spacial score (nSPS) is 9.83. The fourth-order valence-electron chi connectivity index (χ4n) is 0. The quantitative estimate of drug-likeness (QED) is 0.120. The molecule has 0 aromatic carbocycles. The van der Waals surface area contributed by atoms with Crippen molar-refractivity contribution in [1.82, 2.24) is 0 Å². The van der Waals surface area contributed by atoms with Crippen LogP contribution in [0.1, 0.15) is 0 Å². The monoisotopic (exact) mass is 128 g/mol. The van der Waals surface area contributed by atoms with Crippen LogP contribution in [0.15, 0.2) is 5.16 Å². The maximum Gasteiger partial charge on any atom is 0.231 e. The number of nitrogens with two attached hydrogens (primary N) is 1. The van der Waals surface area contributed by atoms with Gasteiger partial charge in [0.2, 0.25) is 5.29 Å². The van der Waals surface area contributed by atoms with E-state index in [1.54, 1.807) is 0 Å². The van der Waals surface area contributed by atoms with Crippen LogP contribution in [0.5, 0.6) is 0 Å². The summed E-state index contributed by atoms with van der Waals surface area (Å²) in [6.07, 6.45) is 0. The third kappa shape index (κ3) is 9.01. The van der Waals surface area contributed by atoms with E-state index in [9.17, 15) is 0 Å². The minimum Gasteiger partial charge on any atom is -0.408 e. The van der Waals surface area contributed by atoms with Gasteiger partial charge < -0.3 is 10.9 Å². The van der Waals surface area contributed by atoms with E-state index in [4.69, 9.17) is 16.8 Å². The molecule has 0 aliphatic rings. The molecular weight excluding hydrogens is 122 g/mol. The molecule has 38 valence electrons. The van der Waals surface area contributed by atoms with Crippen LogP contribution in [0.2, 0.25) is 0 Å². The van der Waals surface area contributed by atoms with Crippen LogP contribution < -0.4 is 5.73 Å². The van der Waals surface area contributed by atoms with Gasteiger partial charge in [0, 0.05) is 0 Å². The van der Waals surface area contributed by atoms with Crippen LogP contribution in [-0.2, 0) is 0 Å². The van der Waals surface area contributed by atoms with Gasteiger partial charge in [0.25, 0.3) is 0 Å². The average Bonchev–Trinajstić information content (AvgIpc) is 1.38. The predicted octanol–water partition coefficient (Wildman–Crippen LogP) is -0.0128. The van der Waals surface area contributed by atoms with E-state index in [-0.39, 0.29) is 15.2 Å². The highest BCUT2D eigenvalue weighted by Crippen LogP contribution is 1.66. The van der Waals surface area contributed by atoms with Crippen molar-refractivity contribution < 1.29 is 5.21 Å². The molecule has 0 amide bonds. The van der Waals surface area contributed by atoms with Crippen LogP contribution in [-0.4, -0.2) is 10.5 Å². The number of rotatable bonds is 0. The van der Waals surface area contributed by atoms with Gasteiger partial charge in [-0.25, -0.2) is 0 Å². The average molecular weight is 128 g/mol. The summed E-state index contributed by atoms with van der Waals surface area (Å²) in [4.78, 5) is 0. The summed E-state index contributed by atoms with van der Waals surface area (Å²) in [7, 11) is 0. The summed E-state index contributed by atoms with van der Waals surface area (Å²) < 4.78 is 0. The van der Waals surface area contributed by atoms with Gasteiger partial charge in [0.05, 0.1) is 0 Å². The van der Waals surface area contributed by atoms with E-state index < -0.39 is 0 Å². The van der Waals surface area contributed by atoms with Gasteiger partial charge in [-0.3, -0.25) is 0 Å². The molecule has 0 rings (SSSR count). The van der Waals surface area contributed by atoms with E-state index in [2.05, 4.69) is 10.9 Å². The minimum atomic E-state index is -0.343. The van der Waals surface area contributed by atoms with Crippen LogP contribution in [0.25, 0.3) is 0 Å². The number of nitrogens with zero attached hydrogens (tertiary/aromatic N) is 1. The van der Waals surface area contributed by atoms with Crippen molar-refractivity contribution in [3.05, 3.63) is 0 Å². The Balaban J connectivity index is 0. The van der Waals surface area contributed by atoms with Crippen LogP contribution in [0, 0.1) is 0 Å². The lowest BCUT2D eigenvalue weighted by Gasteiger charge is -1.70. The fraction of sp³-hybridized carbons (Fsp3) is 0. The largest absolute Gasteiger partial charge is 0.408 e. The maximum atomic E-state index is 7.47. The Kier molecular flexibility index (Phi) is 7.79. The zero-order chi connectivity index (χ0) is 4.28. The number of oxime groups is 1. The SMILES string of the molecule is NC(Cl)=NO.P. The first-order chi connectivity index (χ1) is 2.27. The first-order valence-electron chi connectivity index (χ1n) is 0.901. The first-order valence-corrected chi connectivity index (χ1v) is 1.28. The lowest BCUT2D eigenvalue weighted by molar-refractivity contribution is 0.320. The lowest BCUT2D eigenvalue weighted by atomic mass is 11.4.